The number of carbonyl (C=O) groups is 2. The van der Waals surface area contributed by atoms with Crippen molar-refractivity contribution in [2.24, 2.45) is 5.73 Å². The van der Waals surface area contributed by atoms with Gasteiger partial charge in [0.15, 0.2) is 0 Å². The van der Waals surface area contributed by atoms with Gasteiger partial charge in [-0.2, -0.15) is 5.26 Å². The number of nitrogens with one attached hydrogen (secondary N) is 1. The third-order valence-corrected chi connectivity index (χ3v) is 7.64. The van der Waals surface area contributed by atoms with Crippen molar-refractivity contribution in [3.05, 3.63) is 95.1 Å². The highest BCUT2D eigenvalue weighted by molar-refractivity contribution is 6.02. The molecule has 1 saturated heterocycles. The quantitative estimate of drug-likeness (QED) is 0.356. The molecule has 3 N–H and O–H groups in total. The molecule has 1 aliphatic rings. The summed E-state index contributed by atoms with van der Waals surface area (Å²) in [5.74, 6) is -0.367. The van der Waals surface area contributed by atoms with Crippen molar-refractivity contribution in [3.8, 4) is 17.2 Å². The molecule has 0 aliphatic carbocycles. The minimum absolute atomic E-state index is 0.0918. The van der Waals surface area contributed by atoms with Gasteiger partial charge in [0, 0.05) is 35.8 Å². The van der Waals surface area contributed by atoms with E-state index in [4.69, 9.17) is 5.73 Å². The largest absolute Gasteiger partial charge is 0.347 e. The smallest absolute Gasteiger partial charge is 0.254 e. The van der Waals surface area contributed by atoms with Crippen LogP contribution in [0.4, 0.5) is 0 Å². The van der Waals surface area contributed by atoms with Crippen LogP contribution in [0.1, 0.15) is 77.8 Å². The second kappa shape index (κ2) is 13.2. The van der Waals surface area contributed by atoms with E-state index in [0.717, 1.165) is 37.7 Å². The minimum Gasteiger partial charge on any atom is -0.347 e. The SMILES string of the molecule is CCCC[C@H](N)[C@H](Cc1ccccc1)NC(=O)c1cc(C(=O)N2CCCC2C)cc(-c2ccccc2C#N)c1. The van der Waals surface area contributed by atoms with E-state index in [-0.39, 0.29) is 29.9 Å². The number of benzene rings is 3. The zero-order chi connectivity index (χ0) is 27.8. The molecule has 1 fully saturated rings. The first-order chi connectivity index (χ1) is 18.9. The first kappa shape index (κ1) is 28.1. The molecule has 6 heteroatoms. The summed E-state index contributed by atoms with van der Waals surface area (Å²) in [4.78, 5) is 29.2. The number of rotatable bonds is 10. The van der Waals surface area contributed by atoms with Crippen molar-refractivity contribution in [2.75, 3.05) is 6.54 Å². The molecule has 202 valence electrons. The molecule has 3 aromatic rings. The number of carbonyl (C=O) groups excluding carboxylic acids is 2. The number of amides is 2. The fourth-order valence-corrected chi connectivity index (χ4v) is 5.34. The zero-order valence-corrected chi connectivity index (χ0v) is 22.9. The summed E-state index contributed by atoms with van der Waals surface area (Å²) in [6, 6.07) is 24.4. The number of nitrogens with zero attached hydrogens (tertiary/aromatic N) is 2. The van der Waals surface area contributed by atoms with Crippen LogP contribution in [0.5, 0.6) is 0 Å². The highest BCUT2D eigenvalue weighted by Gasteiger charge is 2.28. The van der Waals surface area contributed by atoms with Gasteiger partial charge in [-0.05, 0) is 73.6 Å². The molecule has 3 aromatic carbocycles. The summed E-state index contributed by atoms with van der Waals surface area (Å²) in [6.45, 7) is 4.88. The number of likely N-dealkylation sites (tertiary alicyclic amines) is 1. The molecule has 6 nitrogen and oxygen atoms in total. The second-order valence-electron chi connectivity index (χ2n) is 10.5. The fraction of sp³-hybridized carbons (Fsp3) is 0.364. The van der Waals surface area contributed by atoms with Crippen molar-refractivity contribution >= 4 is 11.8 Å². The lowest BCUT2D eigenvalue weighted by Crippen LogP contribution is -2.49. The molecule has 2 amide bonds. The Labute approximate surface area is 231 Å². The highest BCUT2D eigenvalue weighted by Crippen LogP contribution is 2.28. The van der Waals surface area contributed by atoms with Gasteiger partial charge in [-0.25, -0.2) is 0 Å². The van der Waals surface area contributed by atoms with Crippen LogP contribution in [0, 0.1) is 11.3 Å². The first-order valence-electron chi connectivity index (χ1n) is 14.0. The van der Waals surface area contributed by atoms with Crippen molar-refractivity contribution in [3.63, 3.8) is 0 Å². The summed E-state index contributed by atoms with van der Waals surface area (Å²) in [7, 11) is 0. The van der Waals surface area contributed by atoms with Gasteiger partial charge >= 0.3 is 0 Å². The molecule has 4 rings (SSSR count). The normalized spacial score (nSPS) is 16.4. The minimum atomic E-state index is -0.275. The fourth-order valence-electron chi connectivity index (χ4n) is 5.34. The molecule has 0 spiro atoms. The molecule has 3 atom stereocenters. The predicted octanol–water partition coefficient (Wildman–Crippen LogP) is 5.71. The number of nitrogens with two attached hydrogens (primary N) is 1. The summed E-state index contributed by atoms with van der Waals surface area (Å²) in [5.41, 5.74) is 10.4. The summed E-state index contributed by atoms with van der Waals surface area (Å²) < 4.78 is 0. The van der Waals surface area contributed by atoms with E-state index >= 15 is 0 Å². The molecular formula is C33H38N4O2. The van der Waals surface area contributed by atoms with Crippen molar-refractivity contribution in [1.82, 2.24) is 10.2 Å². The van der Waals surface area contributed by atoms with Crippen LogP contribution in [-0.2, 0) is 6.42 Å². The average molecular weight is 523 g/mol. The van der Waals surface area contributed by atoms with Crippen LogP contribution in [0.15, 0.2) is 72.8 Å². The summed E-state index contributed by atoms with van der Waals surface area (Å²) in [6.07, 6.45) is 5.36. The molecule has 0 aromatic heterocycles. The Kier molecular flexibility index (Phi) is 9.51. The van der Waals surface area contributed by atoms with Crippen LogP contribution in [0.2, 0.25) is 0 Å². The van der Waals surface area contributed by atoms with E-state index in [1.54, 1.807) is 24.3 Å². The average Bonchev–Trinajstić information content (AvgIpc) is 3.40. The topological polar surface area (TPSA) is 99.2 Å². The Balaban J connectivity index is 1.70. The highest BCUT2D eigenvalue weighted by atomic mass is 16.2. The van der Waals surface area contributed by atoms with Crippen LogP contribution >= 0.6 is 0 Å². The van der Waals surface area contributed by atoms with E-state index in [1.807, 2.05) is 53.4 Å². The lowest BCUT2D eigenvalue weighted by Gasteiger charge is -2.26. The van der Waals surface area contributed by atoms with E-state index in [2.05, 4.69) is 25.2 Å². The maximum absolute atomic E-state index is 13.8. The van der Waals surface area contributed by atoms with Crippen molar-refractivity contribution in [2.45, 2.75) is 70.5 Å². The van der Waals surface area contributed by atoms with Gasteiger partial charge in [-0.3, -0.25) is 9.59 Å². The van der Waals surface area contributed by atoms with E-state index < -0.39 is 0 Å². The van der Waals surface area contributed by atoms with Crippen LogP contribution < -0.4 is 11.1 Å². The standard InChI is InChI=1S/C33H38N4O2/c1-3-4-16-30(35)31(18-24-12-6-5-7-13-24)36-32(38)27-19-26(29-15-9-8-14-25(29)22-34)20-28(21-27)33(39)37-17-10-11-23(37)2/h5-9,12-15,19-21,23,30-31H,3-4,10-11,16-18,35H2,1-2H3,(H,36,38)/t23?,30-,31-/m0/s1. The number of hydrogen-bond acceptors (Lipinski definition) is 4. The van der Waals surface area contributed by atoms with Gasteiger partial charge in [0.1, 0.15) is 0 Å². The molecule has 1 unspecified atom stereocenters. The Morgan fingerprint density at radius 2 is 1.79 bits per heavy atom. The second-order valence-corrected chi connectivity index (χ2v) is 10.5. The van der Waals surface area contributed by atoms with Gasteiger partial charge in [0.2, 0.25) is 0 Å². The molecular weight excluding hydrogens is 484 g/mol. The first-order valence-corrected chi connectivity index (χ1v) is 14.0. The van der Waals surface area contributed by atoms with Gasteiger partial charge in [-0.1, -0.05) is 68.3 Å². The molecule has 39 heavy (non-hydrogen) atoms. The van der Waals surface area contributed by atoms with Gasteiger partial charge in [0.05, 0.1) is 11.6 Å². The number of unbranched alkanes of at least 4 members (excludes halogenated alkanes) is 1. The molecule has 1 aliphatic heterocycles. The molecule has 0 radical (unpaired) electrons. The van der Waals surface area contributed by atoms with Crippen molar-refractivity contribution < 1.29 is 9.59 Å². The Morgan fingerprint density at radius 3 is 2.49 bits per heavy atom. The lowest BCUT2D eigenvalue weighted by atomic mass is 9.94. The molecule has 0 bridgehead atoms. The summed E-state index contributed by atoms with van der Waals surface area (Å²) >= 11 is 0. The molecule has 0 saturated carbocycles. The molecule has 1 heterocycles. The summed E-state index contributed by atoms with van der Waals surface area (Å²) in [5, 5.41) is 12.9. The van der Waals surface area contributed by atoms with Crippen LogP contribution in [0.25, 0.3) is 11.1 Å². The van der Waals surface area contributed by atoms with Crippen LogP contribution in [-0.4, -0.2) is 41.4 Å². The van der Waals surface area contributed by atoms with E-state index in [1.165, 1.54) is 0 Å². The van der Waals surface area contributed by atoms with Gasteiger partial charge in [-0.15, -0.1) is 0 Å². The number of hydrogen-bond donors (Lipinski definition) is 2. The predicted molar refractivity (Wildman–Crippen MR) is 155 cm³/mol. The van der Waals surface area contributed by atoms with Gasteiger partial charge in [0.25, 0.3) is 11.8 Å². The zero-order valence-electron chi connectivity index (χ0n) is 22.9. The monoisotopic (exact) mass is 522 g/mol. The maximum Gasteiger partial charge on any atom is 0.254 e. The Hall–Kier alpha value is -3.95. The van der Waals surface area contributed by atoms with Gasteiger partial charge < -0.3 is 16.0 Å². The Bertz CT molecular complexity index is 1330. The third-order valence-electron chi connectivity index (χ3n) is 7.64. The van der Waals surface area contributed by atoms with E-state index in [9.17, 15) is 14.9 Å². The number of nitriles is 1. The van der Waals surface area contributed by atoms with Crippen molar-refractivity contribution in [1.29, 1.82) is 5.26 Å². The third kappa shape index (κ3) is 6.93. The van der Waals surface area contributed by atoms with E-state index in [0.29, 0.717) is 40.8 Å². The lowest BCUT2D eigenvalue weighted by molar-refractivity contribution is 0.0747. The van der Waals surface area contributed by atoms with Crippen LogP contribution in [0.3, 0.4) is 0 Å². The Morgan fingerprint density at radius 1 is 1.08 bits per heavy atom. The maximum atomic E-state index is 13.8.